The quantitative estimate of drug-likeness (QED) is 0.146. The minimum Gasteiger partial charge on any atom is -0.356 e. The smallest absolute Gasteiger partial charge is 0.254 e. The molecule has 0 saturated carbocycles. The van der Waals surface area contributed by atoms with Gasteiger partial charge in [-0.2, -0.15) is 0 Å². The second-order valence-corrected chi connectivity index (χ2v) is 9.11. The summed E-state index contributed by atoms with van der Waals surface area (Å²) in [6.07, 6.45) is 4.36. The van der Waals surface area contributed by atoms with Crippen molar-refractivity contribution in [2.75, 3.05) is 19.6 Å². The molecule has 0 aromatic heterocycles. The number of carbonyl (C=O) groups excluding carboxylic acids is 9. The predicted octanol–water partition coefficient (Wildman–Crippen LogP) is -1.95. The van der Waals surface area contributed by atoms with Crippen molar-refractivity contribution in [3.05, 3.63) is 24.3 Å². The van der Waals surface area contributed by atoms with E-state index in [9.17, 15) is 43.2 Å². The number of nitrogens with zero attached hydrogens (tertiary/aromatic N) is 2. The van der Waals surface area contributed by atoms with Crippen LogP contribution in [0.5, 0.6) is 0 Å². The Kier molecular flexibility index (Phi) is 11.4. The van der Waals surface area contributed by atoms with Crippen molar-refractivity contribution in [1.29, 1.82) is 0 Å². The van der Waals surface area contributed by atoms with Gasteiger partial charge in [-0.15, -0.1) is 0 Å². The first-order chi connectivity index (χ1) is 18.4. The third-order valence-corrected chi connectivity index (χ3v) is 5.75. The summed E-state index contributed by atoms with van der Waals surface area (Å²) < 4.78 is 0. The number of rotatable bonds is 16. The zero-order valence-electron chi connectivity index (χ0n) is 21.7. The maximum absolute atomic E-state index is 13.0. The average Bonchev–Trinajstić information content (AvgIpc) is 3.32. The minimum atomic E-state index is -1.12. The van der Waals surface area contributed by atoms with E-state index in [4.69, 9.17) is 0 Å². The lowest BCUT2D eigenvalue weighted by atomic mass is 10.0. The van der Waals surface area contributed by atoms with E-state index in [1.54, 1.807) is 0 Å². The van der Waals surface area contributed by atoms with Gasteiger partial charge in [-0.25, -0.2) is 0 Å². The van der Waals surface area contributed by atoms with Gasteiger partial charge in [-0.05, 0) is 19.3 Å². The van der Waals surface area contributed by atoms with E-state index in [0.717, 1.165) is 24.3 Å². The maximum Gasteiger partial charge on any atom is 0.254 e. The SMILES string of the molecule is CC(=O)NCCCCC(NC(C)=O)C(=O)NC(CC(=O)CN1C(=O)C=CC1=O)CC(=O)CN1C(=O)C=CC1=O. The third kappa shape index (κ3) is 10.1. The van der Waals surface area contributed by atoms with Crippen LogP contribution in [0.3, 0.4) is 0 Å². The Hall–Kier alpha value is -4.49. The minimum absolute atomic E-state index is 0.199. The molecule has 0 fully saturated rings. The van der Waals surface area contributed by atoms with Gasteiger partial charge in [0.05, 0.1) is 13.1 Å². The molecule has 3 N–H and O–H groups in total. The van der Waals surface area contributed by atoms with Crippen molar-refractivity contribution in [1.82, 2.24) is 25.8 Å². The Morgan fingerprint density at radius 2 is 1.15 bits per heavy atom. The molecular weight excluding hydrogens is 514 g/mol. The molecule has 0 spiro atoms. The average molecular weight is 546 g/mol. The molecule has 0 aliphatic carbocycles. The summed E-state index contributed by atoms with van der Waals surface area (Å²) in [4.78, 5) is 110. The van der Waals surface area contributed by atoms with Crippen LogP contribution in [0, 0.1) is 0 Å². The van der Waals surface area contributed by atoms with Crippen LogP contribution in [-0.4, -0.2) is 94.4 Å². The van der Waals surface area contributed by atoms with Crippen LogP contribution in [0.15, 0.2) is 24.3 Å². The monoisotopic (exact) mass is 545 g/mol. The molecule has 0 radical (unpaired) electrons. The fraction of sp³-hybridized carbons (Fsp3) is 0.480. The lowest BCUT2D eigenvalue weighted by molar-refractivity contribution is -0.141. The molecular formula is C25H31N5O9. The first-order valence-electron chi connectivity index (χ1n) is 12.3. The summed E-state index contributed by atoms with van der Waals surface area (Å²) in [5.74, 6) is -5.31. The molecule has 2 rings (SSSR count). The van der Waals surface area contributed by atoms with Crippen molar-refractivity contribution >= 4 is 52.9 Å². The molecule has 14 heteroatoms. The van der Waals surface area contributed by atoms with E-state index >= 15 is 0 Å². The van der Waals surface area contributed by atoms with Gasteiger partial charge in [-0.1, -0.05) is 0 Å². The number of amides is 7. The van der Waals surface area contributed by atoms with E-state index in [1.807, 2.05) is 0 Å². The highest BCUT2D eigenvalue weighted by Crippen LogP contribution is 2.11. The summed E-state index contributed by atoms with van der Waals surface area (Å²) in [6, 6.07) is -2.13. The molecule has 0 aromatic rings. The van der Waals surface area contributed by atoms with Crippen molar-refractivity contribution < 1.29 is 43.2 Å². The van der Waals surface area contributed by atoms with Crippen LogP contribution in [0.1, 0.15) is 46.0 Å². The summed E-state index contributed by atoms with van der Waals surface area (Å²) in [5.41, 5.74) is 0. The normalized spacial score (nSPS) is 15.3. The Balaban J connectivity index is 2.08. The standard InChI is InChI=1S/C25H31N5O9/c1-15(31)26-10-4-3-5-20(27-16(2)32)25(39)28-17(11-18(33)13-29-21(35)6-7-22(29)36)12-19(34)14-30-23(37)8-9-24(30)38/h6-9,17,20H,3-5,10-14H2,1-2H3,(H,26,31)(H,27,32)(H,28,39). The predicted molar refractivity (Wildman–Crippen MR) is 133 cm³/mol. The van der Waals surface area contributed by atoms with Gasteiger partial charge in [0.1, 0.15) is 6.04 Å². The number of Topliss-reactive ketones (excluding diaryl/α,β-unsaturated/α-hetero) is 2. The van der Waals surface area contributed by atoms with E-state index in [-0.39, 0.29) is 12.3 Å². The molecule has 7 amide bonds. The summed E-state index contributed by atoms with van der Waals surface area (Å²) in [7, 11) is 0. The Labute approximate surface area is 224 Å². The van der Waals surface area contributed by atoms with Crippen molar-refractivity contribution in [2.45, 2.75) is 58.0 Å². The highest BCUT2D eigenvalue weighted by atomic mass is 16.2. The molecule has 0 aromatic carbocycles. The fourth-order valence-corrected chi connectivity index (χ4v) is 3.93. The van der Waals surface area contributed by atoms with Crippen molar-refractivity contribution in [2.24, 2.45) is 0 Å². The van der Waals surface area contributed by atoms with E-state index < -0.39 is 85.0 Å². The van der Waals surface area contributed by atoms with E-state index in [2.05, 4.69) is 16.0 Å². The number of unbranched alkanes of at least 4 members (excludes halogenated alkanes) is 1. The van der Waals surface area contributed by atoms with Crippen LogP contribution >= 0.6 is 0 Å². The zero-order chi connectivity index (χ0) is 29.1. The number of ketones is 2. The summed E-state index contributed by atoms with van der Waals surface area (Å²) in [6.45, 7) is 1.82. The van der Waals surface area contributed by atoms with Gasteiger partial charge in [0, 0.05) is 63.6 Å². The second kappa shape index (κ2) is 14.4. The molecule has 2 aliphatic heterocycles. The van der Waals surface area contributed by atoms with E-state index in [1.165, 1.54) is 13.8 Å². The third-order valence-electron chi connectivity index (χ3n) is 5.75. The van der Waals surface area contributed by atoms with Crippen LogP contribution in [0.25, 0.3) is 0 Å². The molecule has 0 saturated heterocycles. The number of carbonyl (C=O) groups is 9. The largest absolute Gasteiger partial charge is 0.356 e. The number of nitrogens with one attached hydrogen (secondary N) is 3. The Bertz CT molecular complexity index is 1030. The maximum atomic E-state index is 13.0. The van der Waals surface area contributed by atoms with Crippen LogP contribution in [-0.2, 0) is 43.2 Å². The van der Waals surface area contributed by atoms with Crippen LogP contribution in [0.4, 0.5) is 0 Å². The molecule has 2 heterocycles. The second-order valence-electron chi connectivity index (χ2n) is 9.11. The van der Waals surface area contributed by atoms with Crippen molar-refractivity contribution in [3.8, 4) is 0 Å². The number of imide groups is 2. The van der Waals surface area contributed by atoms with Gasteiger partial charge in [0.2, 0.25) is 17.7 Å². The first-order valence-corrected chi connectivity index (χ1v) is 12.3. The number of hydrogen-bond donors (Lipinski definition) is 3. The lowest BCUT2D eigenvalue weighted by Crippen LogP contribution is -2.51. The van der Waals surface area contributed by atoms with Crippen LogP contribution in [0.2, 0.25) is 0 Å². The molecule has 210 valence electrons. The molecule has 1 unspecified atom stereocenters. The molecule has 0 bridgehead atoms. The topological polar surface area (TPSA) is 196 Å². The molecule has 14 nitrogen and oxygen atoms in total. The van der Waals surface area contributed by atoms with E-state index in [0.29, 0.717) is 29.2 Å². The summed E-state index contributed by atoms with van der Waals surface area (Å²) in [5, 5.41) is 7.70. The summed E-state index contributed by atoms with van der Waals surface area (Å²) >= 11 is 0. The number of hydrogen-bond acceptors (Lipinski definition) is 9. The van der Waals surface area contributed by atoms with Gasteiger partial charge >= 0.3 is 0 Å². The highest BCUT2D eigenvalue weighted by molar-refractivity contribution is 6.15. The zero-order valence-corrected chi connectivity index (χ0v) is 21.7. The molecule has 39 heavy (non-hydrogen) atoms. The lowest BCUT2D eigenvalue weighted by Gasteiger charge is -2.24. The Morgan fingerprint density at radius 1 is 0.692 bits per heavy atom. The highest BCUT2D eigenvalue weighted by Gasteiger charge is 2.31. The molecule has 1 atom stereocenters. The van der Waals surface area contributed by atoms with Gasteiger partial charge in [0.15, 0.2) is 11.6 Å². The van der Waals surface area contributed by atoms with Gasteiger partial charge in [0.25, 0.3) is 23.6 Å². The van der Waals surface area contributed by atoms with Gasteiger partial charge < -0.3 is 16.0 Å². The fourth-order valence-electron chi connectivity index (χ4n) is 3.93. The van der Waals surface area contributed by atoms with Crippen LogP contribution < -0.4 is 16.0 Å². The first kappa shape index (κ1) is 30.7. The Morgan fingerprint density at radius 3 is 1.56 bits per heavy atom. The van der Waals surface area contributed by atoms with Gasteiger partial charge in [-0.3, -0.25) is 53.0 Å². The molecule has 2 aliphatic rings. The van der Waals surface area contributed by atoms with Crippen molar-refractivity contribution in [3.63, 3.8) is 0 Å².